The molecule has 0 unspecified atom stereocenters. The Hall–Kier alpha value is -2.96. The molecule has 1 saturated heterocycles. The average molecular weight is 422 g/mol. The smallest absolute Gasteiger partial charge is 0.338 e. The zero-order valence-electron chi connectivity index (χ0n) is 16.8. The number of hydrogen-bond acceptors (Lipinski definition) is 6. The van der Waals surface area contributed by atoms with Crippen LogP contribution in [0, 0.1) is 0 Å². The van der Waals surface area contributed by atoms with Gasteiger partial charge in [0, 0.05) is 30.1 Å². The van der Waals surface area contributed by atoms with Crippen LogP contribution in [0.1, 0.15) is 17.3 Å². The van der Waals surface area contributed by atoms with Crippen molar-refractivity contribution in [3.8, 4) is 21.6 Å². The molecule has 0 radical (unpaired) electrons. The van der Waals surface area contributed by atoms with Crippen LogP contribution in [0.5, 0.6) is 0 Å². The molecule has 0 bridgehead atoms. The molecule has 1 fully saturated rings. The molecule has 6 heteroatoms. The van der Waals surface area contributed by atoms with E-state index in [4.69, 9.17) is 9.47 Å². The Morgan fingerprint density at radius 1 is 1.00 bits per heavy atom. The quantitative estimate of drug-likeness (QED) is 0.570. The normalized spacial score (nSPS) is 13.8. The van der Waals surface area contributed by atoms with Gasteiger partial charge in [-0.15, -0.1) is 11.3 Å². The van der Waals surface area contributed by atoms with E-state index in [1.54, 1.807) is 36.5 Å². The van der Waals surface area contributed by atoms with Gasteiger partial charge < -0.3 is 14.4 Å². The number of carbonyl (C=O) groups excluding carboxylic acids is 1. The van der Waals surface area contributed by atoms with Crippen LogP contribution < -0.4 is 10.3 Å². The minimum Gasteiger partial charge on any atom is -0.462 e. The molecule has 30 heavy (non-hydrogen) atoms. The lowest BCUT2D eigenvalue weighted by Gasteiger charge is -2.28. The zero-order chi connectivity index (χ0) is 20.9. The monoisotopic (exact) mass is 421 g/mol. The van der Waals surface area contributed by atoms with Crippen molar-refractivity contribution >= 4 is 22.3 Å². The summed E-state index contributed by atoms with van der Waals surface area (Å²) in [6.07, 6.45) is 0. The minimum atomic E-state index is -0.327. The summed E-state index contributed by atoms with van der Waals surface area (Å²) in [5.41, 5.74) is 3.42. The molecule has 1 aliphatic rings. The maximum Gasteiger partial charge on any atom is 0.338 e. The lowest BCUT2D eigenvalue weighted by Crippen LogP contribution is -2.36. The molecule has 0 N–H and O–H groups in total. The van der Waals surface area contributed by atoms with Crippen LogP contribution in [-0.4, -0.2) is 38.9 Å². The third-order valence-electron chi connectivity index (χ3n) is 4.93. The molecular weight excluding hydrogens is 398 g/mol. The predicted octanol–water partition coefficient (Wildman–Crippen LogP) is 4.46. The Kier molecular flexibility index (Phi) is 6.26. The second kappa shape index (κ2) is 9.24. The van der Waals surface area contributed by atoms with Gasteiger partial charge in [-0.3, -0.25) is 4.79 Å². The van der Waals surface area contributed by atoms with Crippen molar-refractivity contribution in [1.29, 1.82) is 0 Å². The van der Waals surface area contributed by atoms with Gasteiger partial charge in [-0.1, -0.05) is 30.3 Å². The number of anilines is 1. The Labute approximate surface area is 179 Å². The molecule has 1 aliphatic heterocycles. The Balaban J connectivity index is 1.67. The Bertz CT molecular complexity index is 1100. The summed E-state index contributed by atoms with van der Waals surface area (Å²) in [4.78, 5) is 27.6. The second-order valence-electron chi connectivity index (χ2n) is 6.98. The zero-order valence-corrected chi connectivity index (χ0v) is 17.6. The molecule has 0 saturated carbocycles. The molecular formula is C24H23NO4S. The van der Waals surface area contributed by atoms with E-state index in [-0.39, 0.29) is 11.4 Å². The molecule has 1 aromatic heterocycles. The summed E-state index contributed by atoms with van der Waals surface area (Å²) < 4.78 is 10.5. The molecule has 0 atom stereocenters. The fourth-order valence-electron chi connectivity index (χ4n) is 3.44. The van der Waals surface area contributed by atoms with Gasteiger partial charge in [-0.2, -0.15) is 0 Å². The van der Waals surface area contributed by atoms with E-state index < -0.39 is 0 Å². The van der Waals surface area contributed by atoms with Gasteiger partial charge in [0.1, 0.15) is 0 Å². The predicted molar refractivity (Wildman–Crippen MR) is 120 cm³/mol. The number of ether oxygens (including phenoxy) is 2. The van der Waals surface area contributed by atoms with Crippen LogP contribution in [0.15, 0.2) is 65.5 Å². The number of hydrogen-bond donors (Lipinski definition) is 0. The fourth-order valence-corrected chi connectivity index (χ4v) is 4.57. The molecule has 0 aliphatic carbocycles. The maximum atomic E-state index is 12.4. The van der Waals surface area contributed by atoms with Crippen molar-refractivity contribution in [1.82, 2.24) is 0 Å². The number of carbonyl (C=O) groups is 1. The highest BCUT2D eigenvalue weighted by atomic mass is 32.1. The number of esters is 1. The number of morpholine rings is 1. The summed E-state index contributed by atoms with van der Waals surface area (Å²) in [6, 6.07) is 18.8. The highest BCUT2D eigenvalue weighted by Gasteiger charge is 2.14. The first kappa shape index (κ1) is 20.3. The summed E-state index contributed by atoms with van der Waals surface area (Å²) >= 11 is 1.61. The molecule has 154 valence electrons. The van der Waals surface area contributed by atoms with Crippen molar-refractivity contribution in [3.05, 3.63) is 76.5 Å². The summed E-state index contributed by atoms with van der Waals surface area (Å²) in [6.45, 7) is 5.08. The van der Waals surface area contributed by atoms with Crippen LogP contribution in [0.4, 0.5) is 5.00 Å². The van der Waals surface area contributed by atoms with Gasteiger partial charge in [0.25, 0.3) is 0 Å². The third-order valence-corrected chi connectivity index (χ3v) is 6.09. The van der Waals surface area contributed by atoms with E-state index >= 15 is 0 Å². The standard InChI is InChI=1S/C24H23NO4S/c1-2-29-24(27)20-8-4-6-18(14-20)17-5-3-7-19(13-17)22-15-21(26)16-23(30-22)25-9-11-28-12-10-25/h3-8,13-16H,2,9-12H2,1H3. The Morgan fingerprint density at radius 2 is 1.70 bits per heavy atom. The lowest BCUT2D eigenvalue weighted by atomic mass is 10.0. The lowest BCUT2D eigenvalue weighted by molar-refractivity contribution is 0.0526. The van der Waals surface area contributed by atoms with E-state index in [2.05, 4.69) is 11.0 Å². The van der Waals surface area contributed by atoms with Gasteiger partial charge in [-0.05, 0) is 41.8 Å². The number of rotatable bonds is 5. The molecule has 4 rings (SSSR count). The van der Waals surface area contributed by atoms with Crippen molar-refractivity contribution in [2.24, 2.45) is 0 Å². The molecule has 2 heterocycles. The molecule has 5 nitrogen and oxygen atoms in total. The topological polar surface area (TPSA) is 55.8 Å². The number of nitrogens with zero attached hydrogens (tertiary/aromatic N) is 1. The summed E-state index contributed by atoms with van der Waals surface area (Å²) in [5, 5.41) is 0.968. The fraction of sp³-hybridized carbons (Fsp3) is 0.250. The molecule has 0 spiro atoms. The van der Waals surface area contributed by atoms with Crippen molar-refractivity contribution in [2.45, 2.75) is 6.92 Å². The first-order valence-electron chi connectivity index (χ1n) is 10.00. The van der Waals surface area contributed by atoms with Gasteiger partial charge in [-0.25, -0.2) is 4.79 Å². The van der Waals surface area contributed by atoms with Gasteiger partial charge in [0.2, 0.25) is 0 Å². The van der Waals surface area contributed by atoms with Crippen LogP contribution in [0.25, 0.3) is 21.6 Å². The second-order valence-corrected chi connectivity index (χ2v) is 8.04. The van der Waals surface area contributed by atoms with Gasteiger partial charge in [0.05, 0.1) is 30.4 Å². The van der Waals surface area contributed by atoms with Crippen LogP contribution in [-0.2, 0) is 9.47 Å². The van der Waals surface area contributed by atoms with E-state index in [0.29, 0.717) is 25.4 Å². The summed E-state index contributed by atoms with van der Waals surface area (Å²) in [7, 11) is 0. The number of benzene rings is 2. The maximum absolute atomic E-state index is 12.4. The minimum absolute atomic E-state index is 0.0000432. The molecule has 2 aromatic carbocycles. The first-order chi connectivity index (χ1) is 14.6. The van der Waals surface area contributed by atoms with Crippen molar-refractivity contribution in [2.75, 3.05) is 37.8 Å². The molecule has 0 amide bonds. The van der Waals surface area contributed by atoms with E-state index in [1.807, 2.05) is 36.4 Å². The van der Waals surface area contributed by atoms with Crippen molar-refractivity contribution in [3.63, 3.8) is 0 Å². The van der Waals surface area contributed by atoms with Crippen LogP contribution in [0.2, 0.25) is 0 Å². The Morgan fingerprint density at radius 3 is 2.47 bits per heavy atom. The third kappa shape index (κ3) is 4.61. The molecule has 3 aromatic rings. The van der Waals surface area contributed by atoms with Gasteiger partial charge >= 0.3 is 5.97 Å². The van der Waals surface area contributed by atoms with E-state index in [1.165, 1.54) is 0 Å². The summed E-state index contributed by atoms with van der Waals surface area (Å²) in [5.74, 6) is -0.327. The van der Waals surface area contributed by atoms with Crippen LogP contribution >= 0.6 is 11.3 Å². The highest BCUT2D eigenvalue weighted by Crippen LogP contribution is 2.32. The van der Waals surface area contributed by atoms with Gasteiger partial charge in [0.15, 0.2) is 5.43 Å². The average Bonchev–Trinajstić information content (AvgIpc) is 2.79. The van der Waals surface area contributed by atoms with E-state index in [9.17, 15) is 9.59 Å². The SMILES string of the molecule is CCOC(=O)c1cccc(-c2cccc(-c3cc(=O)cc(N4CCOCC4)s3)c2)c1. The van der Waals surface area contributed by atoms with Crippen molar-refractivity contribution < 1.29 is 14.3 Å². The highest BCUT2D eigenvalue weighted by molar-refractivity contribution is 7.19. The van der Waals surface area contributed by atoms with E-state index in [0.717, 1.165) is 39.7 Å². The largest absolute Gasteiger partial charge is 0.462 e. The van der Waals surface area contributed by atoms with Crippen LogP contribution in [0.3, 0.4) is 0 Å². The first-order valence-corrected chi connectivity index (χ1v) is 10.8.